The lowest BCUT2D eigenvalue weighted by molar-refractivity contribution is -0.137. The zero-order valence-electron chi connectivity index (χ0n) is 15.6. The fourth-order valence-corrected chi connectivity index (χ4v) is 3.73. The van der Waals surface area contributed by atoms with E-state index in [1.165, 1.54) is 0 Å². The number of benzene rings is 1. The van der Waals surface area contributed by atoms with Gasteiger partial charge in [0.25, 0.3) is 5.91 Å². The number of carbonyl (C=O) groups excluding carboxylic acids is 2. The lowest BCUT2D eigenvalue weighted by Gasteiger charge is -2.33. The number of hydrogen-bond acceptors (Lipinski definition) is 4. The summed E-state index contributed by atoms with van der Waals surface area (Å²) in [6.45, 7) is 1.28. The normalized spacial score (nSPS) is 23.2. The molecule has 1 aliphatic heterocycles. The molecule has 1 saturated carbocycles. The topological polar surface area (TPSA) is 84.7 Å². The first-order valence-electron chi connectivity index (χ1n) is 9.63. The zero-order chi connectivity index (χ0) is 18.4. The van der Waals surface area contributed by atoms with Crippen molar-refractivity contribution in [1.29, 1.82) is 0 Å². The van der Waals surface area contributed by atoms with Gasteiger partial charge in [0.2, 0.25) is 5.91 Å². The Bertz CT molecular complexity index is 598. The molecular formula is C20H30ClN3O3. The van der Waals surface area contributed by atoms with Gasteiger partial charge in [-0.15, -0.1) is 12.4 Å². The molecule has 0 atom stereocenters. The number of piperidine rings is 1. The van der Waals surface area contributed by atoms with E-state index in [1.807, 2.05) is 30.3 Å². The van der Waals surface area contributed by atoms with Gasteiger partial charge in [0.1, 0.15) is 5.75 Å². The number of nitrogens with one attached hydrogen (secondary N) is 1. The van der Waals surface area contributed by atoms with Crippen LogP contribution in [0.1, 0.15) is 38.5 Å². The highest BCUT2D eigenvalue weighted by Gasteiger charge is 2.29. The number of nitrogens with zero attached hydrogens (tertiary/aromatic N) is 1. The van der Waals surface area contributed by atoms with Crippen molar-refractivity contribution in [3.63, 3.8) is 0 Å². The van der Waals surface area contributed by atoms with E-state index in [0.29, 0.717) is 18.8 Å². The van der Waals surface area contributed by atoms with Crippen molar-refractivity contribution in [3.8, 4) is 5.75 Å². The summed E-state index contributed by atoms with van der Waals surface area (Å²) in [7, 11) is 0. The van der Waals surface area contributed by atoms with E-state index in [-0.39, 0.29) is 48.8 Å². The number of likely N-dealkylation sites (tertiary alicyclic amines) is 1. The van der Waals surface area contributed by atoms with Crippen molar-refractivity contribution >= 4 is 24.2 Å². The van der Waals surface area contributed by atoms with Crippen LogP contribution in [0.15, 0.2) is 30.3 Å². The molecule has 0 aromatic heterocycles. The average molecular weight is 396 g/mol. The van der Waals surface area contributed by atoms with Crippen LogP contribution >= 0.6 is 12.4 Å². The summed E-state index contributed by atoms with van der Waals surface area (Å²) in [6.07, 6.45) is 5.35. The number of rotatable bonds is 5. The smallest absolute Gasteiger partial charge is 0.260 e. The van der Waals surface area contributed by atoms with E-state index in [4.69, 9.17) is 10.5 Å². The maximum Gasteiger partial charge on any atom is 0.260 e. The molecule has 2 amide bonds. The molecule has 0 bridgehead atoms. The highest BCUT2D eigenvalue weighted by atomic mass is 35.5. The highest BCUT2D eigenvalue weighted by Crippen LogP contribution is 2.21. The van der Waals surface area contributed by atoms with Crippen LogP contribution in [0.4, 0.5) is 0 Å². The number of amides is 2. The molecule has 3 N–H and O–H groups in total. The Balaban J connectivity index is 0.00000261. The predicted octanol–water partition coefficient (Wildman–Crippen LogP) is 2.11. The van der Waals surface area contributed by atoms with Gasteiger partial charge < -0.3 is 20.7 Å². The first-order valence-corrected chi connectivity index (χ1v) is 9.63. The molecule has 1 saturated heterocycles. The second-order valence-corrected chi connectivity index (χ2v) is 7.38. The molecule has 1 aliphatic carbocycles. The Hall–Kier alpha value is -1.79. The van der Waals surface area contributed by atoms with Gasteiger partial charge in [-0.25, -0.2) is 0 Å². The van der Waals surface area contributed by atoms with Gasteiger partial charge in [0, 0.05) is 31.1 Å². The van der Waals surface area contributed by atoms with Crippen LogP contribution < -0.4 is 15.8 Å². The summed E-state index contributed by atoms with van der Waals surface area (Å²) in [4.78, 5) is 26.5. The standard InChI is InChI=1S/C20H29N3O3.ClH/c21-16-6-8-17(9-7-16)22-20(25)15-10-12-23(13-11-15)19(24)14-26-18-4-2-1-3-5-18;/h1-5,15-17H,6-14,21H2,(H,22,25);1H. The van der Waals surface area contributed by atoms with Gasteiger partial charge in [-0.1, -0.05) is 18.2 Å². The van der Waals surface area contributed by atoms with Crippen molar-refractivity contribution in [3.05, 3.63) is 30.3 Å². The summed E-state index contributed by atoms with van der Waals surface area (Å²) in [5.41, 5.74) is 5.92. The quantitative estimate of drug-likeness (QED) is 0.799. The average Bonchev–Trinajstić information content (AvgIpc) is 2.69. The third kappa shape index (κ3) is 6.40. The summed E-state index contributed by atoms with van der Waals surface area (Å²) in [6, 6.07) is 9.89. The second-order valence-electron chi connectivity index (χ2n) is 7.38. The van der Waals surface area contributed by atoms with Crippen molar-refractivity contribution in [1.82, 2.24) is 10.2 Å². The molecule has 150 valence electrons. The van der Waals surface area contributed by atoms with Crippen LogP contribution in [0.3, 0.4) is 0 Å². The van der Waals surface area contributed by atoms with Crippen LogP contribution in [-0.2, 0) is 9.59 Å². The third-order valence-corrected chi connectivity index (χ3v) is 5.44. The van der Waals surface area contributed by atoms with Crippen LogP contribution in [0.25, 0.3) is 0 Å². The minimum atomic E-state index is -0.0195. The van der Waals surface area contributed by atoms with Crippen LogP contribution in [0.5, 0.6) is 5.75 Å². The van der Waals surface area contributed by atoms with Crippen LogP contribution in [0, 0.1) is 5.92 Å². The summed E-state index contributed by atoms with van der Waals surface area (Å²) < 4.78 is 5.52. The maximum atomic E-state index is 12.5. The van der Waals surface area contributed by atoms with Gasteiger partial charge in [-0.05, 0) is 50.7 Å². The lowest BCUT2D eigenvalue weighted by atomic mass is 9.90. The summed E-state index contributed by atoms with van der Waals surface area (Å²) in [5.74, 6) is 0.819. The molecule has 3 rings (SSSR count). The van der Waals surface area contributed by atoms with Crippen molar-refractivity contribution < 1.29 is 14.3 Å². The number of nitrogens with two attached hydrogens (primary N) is 1. The van der Waals surface area contributed by atoms with Crippen LogP contribution in [-0.4, -0.2) is 48.5 Å². The molecule has 0 spiro atoms. The fraction of sp³-hybridized carbons (Fsp3) is 0.600. The number of ether oxygens (including phenoxy) is 1. The molecule has 2 aliphatic rings. The molecular weight excluding hydrogens is 366 g/mol. The third-order valence-electron chi connectivity index (χ3n) is 5.44. The minimum absolute atomic E-state index is 0. The van der Waals surface area contributed by atoms with Crippen LogP contribution in [0.2, 0.25) is 0 Å². The molecule has 6 nitrogen and oxygen atoms in total. The van der Waals surface area contributed by atoms with E-state index in [2.05, 4.69) is 5.32 Å². The molecule has 1 aromatic rings. The minimum Gasteiger partial charge on any atom is -0.484 e. The number of hydrogen-bond donors (Lipinski definition) is 2. The fourth-order valence-electron chi connectivity index (χ4n) is 3.73. The highest BCUT2D eigenvalue weighted by molar-refractivity contribution is 5.85. The summed E-state index contributed by atoms with van der Waals surface area (Å²) >= 11 is 0. The van der Waals surface area contributed by atoms with Gasteiger partial charge in [0.05, 0.1) is 0 Å². The number of carbonyl (C=O) groups is 2. The predicted molar refractivity (Wildman–Crippen MR) is 107 cm³/mol. The monoisotopic (exact) mass is 395 g/mol. The van der Waals surface area contributed by atoms with Crippen molar-refractivity contribution in [2.45, 2.75) is 50.6 Å². The molecule has 2 fully saturated rings. The van der Waals surface area contributed by atoms with Gasteiger partial charge >= 0.3 is 0 Å². The van der Waals surface area contributed by atoms with Crippen molar-refractivity contribution in [2.75, 3.05) is 19.7 Å². The first-order chi connectivity index (χ1) is 12.6. The Morgan fingerprint density at radius 3 is 2.30 bits per heavy atom. The number of halogens is 1. The largest absolute Gasteiger partial charge is 0.484 e. The molecule has 0 unspecified atom stereocenters. The van der Waals surface area contributed by atoms with Gasteiger partial charge in [-0.3, -0.25) is 9.59 Å². The Morgan fingerprint density at radius 1 is 1.04 bits per heavy atom. The van der Waals surface area contributed by atoms with Crippen molar-refractivity contribution in [2.24, 2.45) is 11.7 Å². The Morgan fingerprint density at radius 2 is 1.67 bits per heavy atom. The molecule has 27 heavy (non-hydrogen) atoms. The SMILES string of the molecule is Cl.NC1CCC(NC(=O)C2CCN(C(=O)COc3ccccc3)CC2)CC1. The zero-order valence-corrected chi connectivity index (χ0v) is 16.5. The Labute approximate surface area is 167 Å². The first kappa shape index (κ1) is 21.5. The lowest BCUT2D eigenvalue weighted by Crippen LogP contribution is -2.47. The second kappa shape index (κ2) is 10.5. The van der Waals surface area contributed by atoms with E-state index in [9.17, 15) is 9.59 Å². The maximum absolute atomic E-state index is 12.5. The van der Waals surface area contributed by atoms with Gasteiger partial charge in [0.15, 0.2) is 6.61 Å². The Kier molecular flexibility index (Phi) is 8.38. The molecule has 7 heteroatoms. The number of para-hydroxylation sites is 1. The van der Waals surface area contributed by atoms with Gasteiger partial charge in [-0.2, -0.15) is 0 Å². The van der Waals surface area contributed by atoms with E-state index in [1.54, 1.807) is 4.90 Å². The van der Waals surface area contributed by atoms with E-state index < -0.39 is 0 Å². The van der Waals surface area contributed by atoms with E-state index >= 15 is 0 Å². The van der Waals surface area contributed by atoms with E-state index in [0.717, 1.165) is 38.5 Å². The summed E-state index contributed by atoms with van der Waals surface area (Å²) in [5, 5.41) is 3.18. The molecule has 1 aromatic carbocycles. The molecule has 1 heterocycles. The molecule has 0 radical (unpaired) electrons.